The lowest BCUT2D eigenvalue weighted by atomic mass is 9.78. The van der Waals surface area contributed by atoms with Gasteiger partial charge in [-0.05, 0) is 22.3 Å². The molecule has 0 heterocycles. The summed E-state index contributed by atoms with van der Waals surface area (Å²) in [6, 6.07) is 40.3. The molecule has 41 heavy (non-hydrogen) atoms. The minimum Gasteiger partial charge on any atom is -0.390 e. The molecule has 6 atom stereocenters. The summed E-state index contributed by atoms with van der Waals surface area (Å²) in [7, 11) is 0. The summed E-state index contributed by atoms with van der Waals surface area (Å²) in [5.74, 6) is -0.211. The molecule has 4 aromatic carbocycles. The van der Waals surface area contributed by atoms with Gasteiger partial charge in [0, 0.05) is 10.3 Å². The summed E-state index contributed by atoms with van der Waals surface area (Å²) >= 11 is 2.34. The largest absolute Gasteiger partial charge is 0.390 e. The first kappa shape index (κ1) is 29.9. The van der Waals surface area contributed by atoms with Crippen molar-refractivity contribution < 1.29 is 24.1 Å². The number of hydrogen-bond acceptors (Lipinski definition) is 5. The van der Waals surface area contributed by atoms with E-state index < -0.39 is 30.5 Å². The quantitative estimate of drug-likeness (QED) is 0.127. The zero-order chi connectivity index (χ0) is 28.3. The number of benzene rings is 4. The van der Waals surface area contributed by atoms with E-state index >= 15 is 0 Å². The molecule has 5 rings (SSSR count). The van der Waals surface area contributed by atoms with Gasteiger partial charge in [0.05, 0.1) is 38.6 Å². The molecule has 1 aliphatic carbocycles. The van der Waals surface area contributed by atoms with Crippen LogP contribution >= 0.6 is 22.6 Å². The van der Waals surface area contributed by atoms with E-state index in [1.807, 2.05) is 109 Å². The maximum Gasteiger partial charge on any atom is 0.115 e. The highest BCUT2D eigenvalue weighted by molar-refractivity contribution is 14.1. The predicted molar refractivity (Wildman–Crippen MR) is 168 cm³/mol. The molecule has 4 aromatic rings. The van der Waals surface area contributed by atoms with E-state index in [4.69, 9.17) is 18.9 Å². The molecular formula is C35H37IO5. The zero-order valence-electron chi connectivity index (χ0n) is 23.0. The molecular weight excluding hydrogens is 627 g/mol. The van der Waals surface area contributed by atoms with Crippen molar-refractivity contribution in [3.05, 3.63) is 144 Å². The Kier molecular flexibility index (Phi) is 11.4. The Bertz CT molecular complexity index is 1280. The van der Waals surface area contributed by atoms with Crippen LogP contribution in [0.1, 0.15) is 22.3 Å². The van der Waals surface area contributed by atoms with Crippen molar-refractivity contribution in [2.75, 3.05) is 4.43 Å². The van der Waals surface area contributed by atoms with Crippen LogP contribution in [0.2, 0.25) is 0 Å². The summed E-state index contributed by atoms with van der Waals surface area (Å²) in [4.78, 5) is 0. The van der Waals surface area contributed by atoms with Crippen molar-refractivity contribution in [3.8, 4) is 0 Å². The van der Waals surface area contributed by atoms with E-state index in [1.54, 1.807) is 0 Å². The molecule has 0 amide bonds. The van der Waals surface area contributed by atoms with Crippen molar-refractivity contribution in [3.63, 3.8) is 0 Å². The second-order valence-electron chi connectivity index (χ2n) is 10.4. The van der Waals surface area contributed by atoms with Crippen LogP contribution in [0.3, 0.4) is 0 Å². The van der Waals surface area contributed by atoms with E-state index in [1.165, 1.54) is 0 Å². The fraction of sp³-hybridized carbons (Fsp3) is 0.314. The summed E-state index contributed by atoms with van der Waals surface area (Å²) in [5.41, 5.74) is 4.22. The van der Waals surface area contributed by atoms with Crippen molar-refractivity contribution >= 4 is 22.6 Å². The van der Waals surface area contributed by atoms with Gasteiger partial charge in [-0.3, -0.25) is 0 Å². The van der Waals surface area contributed by atoms with Crippen molar-refractivity contribution in [1.29, 1.82) is 0 Å². The standard InChI is InChI=1S/C35H37IO5/c36-21-30-31(37)33(39-23-27-15-7-2-8-16-27)35(41-25-29-19-11-4-12-20-29)34(40-24-28-17-9-3-10-18-28)32(30)38-22-26-13-5-1-6-14-26/h1-20,30-35,37H,21-25H2/t30-,31-,32+,33+,34-,35-/m1/s1. The topological polar surface area (TPSA) is 57.2 Å². The molecule has 0 saturated heterocycles. The number of aliphatic hydroxyl groups excluding tert-OH is 1. The van der Waals surface area contributed by atoms with Gasteiger partial charge < -0.3 is 24.1 Å². The maximum absolute atomic E-state index is 11.8. The van der Waals surface area contributed by atoms with E-state index in [0.29, 0.717) is 30.9 Å². The fourth-order valence-corrected chi connectivity index (χ4v) is 6.31. The Labute approximate surface area is 256 Å². The number of halogens is 1. The summed E-state index contributed by atoms with van der Waals surface area (Å²) in [5, 5.41) is 11.8. The molecule has 0 bridgehead atoms. The summed E-state index contributed by atoms with van der Waals surface area (Å²) < 4.78 is 27.1. The van der Waals surface area contributed by atoms with E-state index in [2.05, 4.69) is 34.7 Å². The molecule has 5 nitrogen and oxygen atoms in total. The average Bonchev–Trinajstić information content (AvgIpc) is 3.03. The minimum atomic E-state index is -0.797. The Morgan fingerprint density at radius 2 is 0.732 bits per heavy atom. The van der Waals surface area contributed by atoms with E-state index in [9.17, 15) is 5.11 Å². The van der Waals surface area contributed by atoms with Crippen LogP contribution in [-0.2, 0) is 45.4 Å². The van der Waals surface area contributed by atoms with Gasteiger partial charge in [-0.15, -0.1) is 0 Å². The number of ether oxygens (including phenoxy) is 4. The first-order valence-corrected chi connectivity index (χ1v) is 15.6. The predicted octanol–water partition coefficient (Wildman–Crippen LogP) is 6.75. The van der Waals surface area contributed by atoms with E-state index in [0.717, 1.165) is 22.3 Å². The summed E-state index contributed by atoms with van der Waals surface area (Å²) in [6.07, 6.45) is -2.82. The van der Waals surface area contributed by atoms with Crippen LogP contribution in [-0.4, -0.2) is 40.1 Å². The molecule has 0 spiro atoms. The Balaban J connectivity index is 1.45. The third kappa shape index (κ3) is 8.25. The van der Waals surface area contributed by atoms with Gasteiger partial charge in [0.1, 0.15) is 18.3 Å². The Morgan fingerprint density at radius 1 is 0.439 bits per heavy atom. The first-order chi connectivity index (χ1) is 20.2. The highest BCUT2D eigenvalue weighted by atomic mass is 127. The van der Waals surface area contributed by atoms with Gasteiger partial charge in [-0.2, -0.15) is 0 Å². The van der Waals surface area contributed by atoms with Gasteiger partial charge in [0.25, 0.3) is 0 Å². The SMILES string of the molecule is O[C@@H]1[C@@H](CI)[C@H](OCc2ccccc2)[C@@H](OCc2ccccc2)[C@H](OCc2ccccc2)[C@H]1OCc1ccccc1. The third-order valence-electron chi connectivity index (χ3n) is 7.49. The van der Waals surface area contributed by atoms with Crippen LogP contribution in [0.4, 0.5) is 0 Å². The van der Waals surface area contributed by atoms with Crippen molar-refractivity contribution in [2.45, 2.75) is 56.9 Å². The lowest BCUT2D eigenvalue weighted by Crippen LogP contribution is -2.64. The van der Waals surface area contributed by atoms with Gasteiger partial charge in [0.2, 0.25) is 0 Å². The van der Waals surface area contributed by atoms with Crippen LogP contribution in [0.15, 0.2) is 121 Å². The van der Waals surface area contributed by atoms with Gasteiger partial charge in [-0.1, -0.05) is 144 Å². The molecule has 0 radical (unpaired) electrons. The van der Waals surface area contributed by atoms with Crippen LogP contribution in [0.25, 0.3) is 0 Å². The Morgan fingerprint density at radius 3 is 1.07 bits per heavy atom. The third-order valence-corrected chi connectivity index (χ3v) is 8.50. The molecule has 1 saturated carbocycles. The lowest BCUT2D eigenvalue weighted by molar-refractivity contribution is -0.257. The van der Waals surface area contributed by atoms with Crippen molar-refractivity contribution in [1.82, 2.24) is 0 Å². The number of aliphatic hydroxyl groups is 1. The fourth-order valence-electron chi connectivity index (χ4n) is 5.29. The molecule has 214 valence electrons. The van der Waals surface area contributed by atoms with Crippen LogP contribution in [0, 0.1) is 5.92 Å². The highest BCUT2D eigenvalue weighted by Crippen LogP contribution is 2.37. The average molecular weight is 665 g/mol. The van der Waals surface area contributed by atoms with Gasteiger partial charge in [0.15, 0.2) is 0 Å². The molecule has 1 aliphatic rings. The summed E-state index contributed by atoms with van der Waals surface area (Å²) in [6.45, 7) is 1.55. The van der Waals surface area contributed by atoms with Crippen LogP contribution < -0.4 is 0 Å². The smallest absolute Gasteiger partial charge is 0.115 e. The lowest BCUT2D eigenvalue weighted by Gasteiger charge is -2.48. The second kappa shape index (κ2) is 15.6. The van der Waals surface area contributed by atoms with Crippen molar-refractivity contribution in [2.24, 2.45) is 5.92 Å². The molecule has 6 heteroatoms. The number of hydrogen-bond donors (Lipinski definition) is 1. The van der Waals surface area contributed by atoms with Crippen LogP contribution in [0.5, 0.6) is 0 Å². The molecule has 1 N–H and O–H groups in total. The molecule has 1 fully saturated rings. The van der Waals surface area contributed by atoms with E-state index in [-0.39, 0.29) is 5.92 Å². The van der Waals surface area contributed by atoms with Gasteiger partial charge >= 0.3 is 0 Å². The van der Waals surface area contributed by atoms with Gasteiger partial charge in [-0.25, -0.2) is 0 Å². The highest BCUT2D eigenvalue weighted by Gasteiger charge is 2.52. The maximum atomic E-state index is 11.8. The minimum absolute atomic E-state index is 0.211. The molecule has 0 aliphatic heterocycles. The monoisotopic (exact) mass is 664 g/mol. The zero-order valence-corrected chi connectivity index (χ0v) is 25.2. The normalized spacial score (nSPS) is 24.2. The first-order valence-electron chi connectivity index (χ1n) is 14.1. The second-order valence-corrected chi connectivity index (χ2v) is 11.2. The molecule has 0 unspecified atom stereocenters. The number of rotatable bonds is 13. The number of alkyl halides is 1. The molecule has 0 aromatic heterocycles. The Hall–Kier alpha value is -2.59.